The van der Waals surface area contributed by atoms with Crippen molar-refractivity contribution in [1.82, 2.24) is 9.71 Å². The van der Waals surface area contributed by atoms with Crippen molar-refractivity contribution in [3.63, 3.8) is 0 Å². The first kappa shape index (κ1) is 18.6. The van der Waals surface area contributed by atoms with Gasteiger partial charge in [-0.1, -0.05) is 12.1 Å². The predicted molar refractivity (Wildman–Crippen MR) is 101 cm³/mol. The van der Waals surface area contributed by atoms with Crippen molar-refractivity contribution in [3.05, 3.63) is 78.0 Å². The van der Waals surface area contributed by atoms with E-state index in [0.717, 1.165) is 16.9 Å². The van der Waals surface area contributed by atoms with Crippen LogP contribution in [0.2, 0.25) is 0 Å². The molecule has 0 bridgehead atoms. The van der Waals surface area contributed by atoms with Gasteiger partial charge in [-0.3, -0.25) is 4.98 Å². The maximum Gasteiger partial charge on any atom is 0.240 e. The Morgan fingerprint density at radius 2 is 1.89 bits per heavy atom. The van der Waals surface area contributed by atoms with Crippen molar-refractivity contribution in [2.45, 2.75) is 11.4 Å². The van der Waals surface area contributed by atoms with Crippen molar-refractivity contribution >= 4 is 10.0 Å². The van der Waals surface area contributed by atoms with Crippen LogP contribution in [0.25, 0.3) is 11.3 Å². The van der Waals surface area contributed by atoms with E-state index in [4.69, 9.17) is 10.00 Å². The van der Waals surface area contributed by atoms with Crippen LogP contribution in [0.5, 0.6) is 5.75 Å². The highest BCUT2D eigenvalue weighted by molar-refractivity contribution is 7.89. The van der Waals surface area contributed by atoms with Crippen LogP contribution in [0, 0.1) is 11.3 Å². The first-order valence-electron chi connectivity index (χ1n) is 8.11. The lowest BCUT2D eigenvalue weighted by atomic mass is 10.1. The van der Waals surface area contributed by atoms with Gasteiger partial charge >= 0.3 is 0 Å². The van der Waals surface area contributed by atoms with E-state index >= 15 is 0 Å². The number of hydrogen-bond acceptors (Lipinski definition) is 5. The van der Waals surface area contributed by atoms with Gasteiger partial charge in [0.2, 0.25) is 10.0 Å². The Balaban J connectivity index is 1.85. The van der Waals surface area contributed by atoms with Crippen molar-refractivity contribution in [2.75, 3.05) is 7.11 Å². The molecule has 27 heavy (non-hydrogen) atoms. The highest BCUT2D eigenvalue weighted by atomic mass is 32.2. The molecule has 0 saturated carbocycles. The number of nitrogens with one attached hydrogen (secondary N) is 1. The Hall–Kier alpha value is -3.21. The minimum absolute atomic E-state index is 0.0523. The molecule has 0 saturated heterocycles. The number of pyridine rings is 1. The second-order valence-electron chi connectivity index (χ2n) is 5.70. The van der Waals surface area contributed by atoms with Gasteiger partial charge in [0.05, 0.1) is 29.3 Å². The van der Waals surface area contributed by atoms with E-state index in [2.05, 4.69) is 9.71 Å². The van der Waals surface area contributed by atoms with Crippen LogP contribution in [-0.2, 0) is 16.6 Å². The summed E-state index contributed by atoms with van der Waals surface area (Å²) in [6.07, 6.45) is 1.66. The molecule has 0 aliphatic heterocycles. The van der Waals surface area contributed by atoms with Gasteiger partial charge in [-0.15, -0.1) is 0 Å². The Kier molecular flexibility index (Phi) is 5.50. The summed E-state index contributed by atoms with van der Waals surface area (Å²) in [4.78, 5) is 4.44. The minimum Gasteiger partial charge on any atom is -0.497 e. The van der Waals surface area contributed by atoms with Gasteiger partial charge < -0.3 is 4.74 Å². The highest BCUT2D eigenvalue weighted by Crippen LogP contribution is 2.24. The van der Waals surface area contributed by atoms with Crippen LogP contribution in [0.15, 0.2) is 71.8 Å². The summed E-state index contributed by atoms with van der Waals surface area (Å²) in [6, 6.07) is 18.8. The lowest BCUT2D eigenvalue weighted by Crippen LogP contribution is -2.23. The summed E-state index contributed by atoms with van der Waals surface area (Å²) in [7, 11) is -2.16. The fraction of sp³-hybridized carbons (Fsp3) is 0.100. The molecule has 0 fully saturated rings. The van der Waals surface area contributed by atoms with E-state index in [-0.39, 0.29) is 17.0 Å². The van der Waals surface area contributed by atoms with E-state index < -0.39 is 10.0 Å². The molecule has 2 aromatic carbocycles. The van der Waals surface area contributed by atoms with Gasteiger partial charge in [-0.25, -0.2) is 13.1 Å². The Morgan fingerprint density at radius 3 is 2.59 bits per heavy atom. The summed E-state index contributed by atoms with van der Waals surface area (Å²) in [5, 5.41) is 8.95. The van der Waals surface area contributed by atoms with E-state index in [1.807, 2.05) is 36.4 Å². The average molecular weight is 379 g/mol. The molecule has 0 unspecified atom stereocenters. The first-order valence-corrected chi connectivity index (χ1v) is 9.60. The van der Waals surface area contributed by atoms with Gasteiger partial charge in [0, 0.05) is 18.3 Å². The number of rotatable bonds is 6. The van der Waals surface area contributed by atoms with Crippen LogP contribution >= 0.6 is 0 Å². The molecule has 3 aromatic rings. The zero-order valence-electron chi connectivity index (χ0n) is 14.6. The third kappa shape index (κ3) is 4.31. The number of ether oxygens (including phenoxy) is 1. The normalized spacial score (nSPS) is 11.0. The topological polar surface area (TPSA) is 92.1 Å². The molecule has 0 radical (unpaired) electrons. The minimum atomic E-state index is -3.75. The maximum absolute atomic E-state index is 12.5. The SMILES string of the molecule is COc1ccc(-c2ncccc2CNS(=O)(=O)c2cccc(C#N)c2)cc1. The summed E-state index contributed by atoms with van der Waals surface area (Å²) >= 11 is 0. The first-order chi connectivity index (χ1) is 13.0. The predicted octanol–water partition coefficient (Wildman–Crippen LogP) is 3.11. The number of aromatic nitrogens is 1. The fourth-order valence-corrected chi connectivity index (χ4v) is 3.63. The summed E-state index contributed by atoms with van der Waals surface area (Å²) in [5.74, 6) is 0.731. The van der Waals surface area contributed by atoms with Crippen LogP contribution in [0.4, 0.5) is 0 Å². The third-order valence-electron chi connectivity index (χ3n) is 3.98. The lowest BCUT2D eigenvalue weighted by molar-refractivity contribution is 0.415. The molecule has 0 amide bonds. The Morgan fingerprint density at radius 1 is 1.11 bits per heavy atom. The molecule has 1 N–H and O–H groups in total. The second kappa shape index (κ2) is 7.99. The summed E-state index contributed by atoms with van der Waals surface area (Å²) < 4.78 is 32.8. The molecule has 0 atom stereocenters. The van der Waals surface area contributed by atoms with Crippen LogP contribution in [0.1, 0.15) is 11.1 Å². The number of methoxy groups -OCH3 is 1. The largest absolute Gasteiger partial charge is 0.497 e. The van der Waals surface area contributed by atoms with Gasteiger partial charge in [-0.2, -0.15) is 5.26 Å². The van der Waals surface area contributed by atoms with Gasteiger partial charge in [-0.05, 0) is 54.1 Å². The molecule has 6 nitrogen and oxygen atoms in total. The molecular weight excluding hydrogens is 362 g/mol. The molecule has 1 aromatic heterocycles. The molecule has 0 aliphatic rings. The van der Waals surface area contributed by atoms with E-state index in [1.54, 1.807) is 31.5 Å². The summed E-state index contributed by atoms with van der Waals surface area (Å²) in [5.41, 5.74) is 2.58. The molecule has 3 rings (SSSR count). The van der Waals surface area contributed by atoms with Gasteiger partial charge in [0.15, 0.2) is 0 Å². The number of nitrogens with zero attached hydrogens (tertiary/aromatic N) is 2. The quantitative estimate of drug-likeness (QED) is 0.710. The number of nitriles is 1. The average Bonchev–Trinajstić information content (AvgIpc) is 2.72. The molecule has 0 aliphatic carbocycles. The van der Waals surface area contributed by atoms with Crippen molar-refractivity contribution in [3.8, 4) is 23.1 Å². The third-order valence-corrected chi connectivity index (χ3v) is 5.38. The molecule has 0 spiro atoms. The molecule has 7 heteroatoms. The smallest absolute Gasteiger partial charge is 0.240 e. The highest BCUT2D eigenvalue weighted by Gasteiger charge is 2.16. The second-order valence-corrected chi connectivity index (χ2v) is 7.47. The zero-order valence-corrected chi connectivity index (χ0v) is 15.4. The molecule has 1 heterocycles. The number of benzene rings is 2. The van der Waals surface area contributed by atoms with Gasteiger partial charge in [0.1, 0.15) is 5.75 Å². The Bertz CT molecular complexity index is 1090. The number of hydrogen-bond donors (Lipinski definition) is 1. The van der Waals surface area contributed by atoms with E-state index in [9.17, 15) is 8.42 Å². The monoisotopic (exact) mass is 379 g/mol. The maximum atomic E-state index is 12.5. The lowest BCUT2D eigenvalue weighted by Gasteiger charge is -2.11. The molecule has 136 valence electrons. The number of sulfonamides is 1. The fourth-order valence-electron chi connectivity index (χ4n) is 2.58. The van der Waals surface area contributed by atoms with Crippen LogP contribution in [-0.4, -0.2) is 20.5 Å². The van der Waals surface area contributed by atoms with Crippen LogP contribution in [0.3, 0.4) is 0 Å². The van der Waals surface area contributed by atoms with Crippen molar-refractivity contribution in [2.24, 2.45) is 0 Å². The van der Waals surface area contributed by atoms with Crippen molar-refractivity contribution < 1.29 is 13.2 Å². The van der Waals surface area contributed by atoms with E-state index in [0.29, 0.717) is 5.69 Å². The standard InChI is InChI=1S/C20H17N3O3S/c1-26-18-9-7-16(8-10-18)20-17(5-3-11-22-20)14-23-27(24,25)19-6-2-4-15(12-19)13-21/h2-12,23H,14H2,1H3. The van der Waals surface area contributed by atoms with E-state index in [1.165, 1.54) is 12.1 Å². The summed E-state index contributed by atoms with van der Waals surface area (Å²) in [6.45, 7) is 0.0777. The van der Waals surface area contributed by atoms with Crippen LogP contribution < -0.4 is 9.46 Å². The molecular formula is C20H17N3O3S. The van der Waals surface area contributed by atoms with Crippen molar-refractivity contribution in [1.29, 1.82) is 5.26 Å². The zero-order chi connectivity index (χ0) is 19.3. The Labute approximate surface area is 158 Å². The van der Waals surface area contributed by atoms with Gasteiger partial charge in [0.25, 0.3) is 0 Å².